The van der Waals surface area contributed by atoms with Gasteiger partial charge >= 0.3 is 0 Å². The Morgan fingerprint density at radius 2 is 2.00 bits per heavy atom. The minimum Gasteiger partial charge on any atom is -0.353 e. The van der Waals surface area contributed by atoms with E-state index in [9.17, 15) is 4.79 Å². The largest absolute Gasteiger partial charge is 0.353 e. The van der Waals surface area contributed by atoms with E-state index in [1.807, 2.05) is 0 Å². The maximum Gasteiger partial charge on any atom is 0.220 e. The first-order chi connectivity index (χ1) is 8.51. The van der Waals surface area contributed by atoms with Crippen molar-refractivity contribution in [3.05, 3.63) is 0 Å². The SMILES string of the molecule is CC(C)C[C@H](CN)CC(=O)NC1CCN(C)CC1. The molecule has 0 spiro atoms. The van der Waals surface area contributed by atoms with E-state index in [1.54, 1.807) is 0 Å². The molecule has 1 atom stereocenters. The van der Waals surface area contributed by atoms with Crippen LogP contribution < -0.4 is 11.1 Å². The third kappa shape index (κ3) is 5.83. The lowest BCUT2D eigenvalue weighted by Crippen LogP contribution is -2.44. The molecule has 1 aliphatic rings. The van der Waals surface area contributed by atoms with E-state index in [1.165, 1.54) is 0 Å². The number of amides is 1. The first-order valence-corrected chi connectivity index (χ1v) is 7.19. The van der Waals surface area contributed by atoms with Crippen molar-refractivity contribution in [2.75, 3.05) is 26.7 Å². The number of nitrogens with zero attached hydrogens (tertiary/aromatic N) is 1. The summed E-state index contributed by atoms with van der Waals surface area (Å²) in [5.41, 5.74) is 5.73. The smallest absolute Gasteiger partial charge is 0.220 e. The topological polar surface area (TPSA) is 58.4 Å². The lowest BCUT2D eigenvalue weighted by atomic mass is 9.93. The molecular formula is C14H29N3O. The zero-order valence-corrected chi connectivity index (χ0v) is 12.1. The molecule has 3 N–H and O–H groups in total. The summed E-state index contributed by atoms with van der Waals surface area (Å²) in [6.07, 6.45) is 3.76. The summed E-state index contributed by atoms with van der Waals surface area (Å²) < 4.78 is 0. The molecule has 0 aromatic carbocycles. The van der Waals surface area contributed by atoms with Crippen LogP contribution in [0.4, 0.5) is 0 Å². The molecule has 1 fully saturated rings. The van der Waals surface area contributed by atoms with E-state index in [0.717, 1.165) is 32.4 Å². The van der Waals surface area contributed by atoms with Crippen LogP contribution in [0.5, 0.6) is 0 Å². The van der Waals surface area contributed by atoms with Crippen LogP contribution in [-0.2, 0) is 4.79 Å². The Kier molecular flexibility index (Phi) is 6.65. The highest BCUT2D eigenvalue weighted by Gasteiger charge is 2.20. The summed E-state index contributed by atoms with van der Waals surface area (Å²) in [5, 5.41) is 3.16. The lowest BCUT2D eigenvalue weighted by molar-refractivity contribution is -0.123. The first-order valence-electron chi connectivity index (χ1n) is 7.19. The van der Waals surface area contributed by atoms with Crippen LogP contribution in [0.3, 0.4) is 0 Å². The Labute approximate surface area is 111 Å². The predicted molar refractivity (Wildman–Crippen MR) is 75.3 cm³/mol. The number of likely N-dealkylation sites (tertiary alicyclic amines) is 1. The lowest BCUT2D eigenvalue weighted by Gasteiger charge is -2.30. The van der Waals surface area contributed by atoms with Gasteiger partial charge < -0.3 is 16.0 Å². The molecule has 18 heavy (non-hydrogen) atoms. The summed E-state index contributed by atoms with van der Waals surface area (Å²) in [5.74, 6) is 1.12. The van der Waals surface area contributed by atoms with Gasteiger partial charge in [-0.05, 0) is 57.8 Å². The number of carbonyl (C=O) groups is 1. The fourth-order valence-electron chi connectivity index (χ4n) is 2.63. The van der Waals surface area contributed by atoms with Crippen molar-refractivity contribution >= 4 is 5.91 Å². The second-order valence-electron chi connectivity index (χ2n) is 6.08. The molecule has 1 aliphatic heterocycles. The Hall–Kier alpha value is -0.610. The predicted octanol–water partition coefficient (Wildman–Crippen LogP) is 1.21. The van der Waals surface area contributed by atoms with Crippen molar-refractivity contribution in [3.8, 4) is 0 Å². The van der Waals surface area contributed by atoms with Gasteiger partial charge in [-0.1, -0.05) is 13.8 Å². The van der Waals surface area contributed by atoms with Crippen LogP contribution in [0.15, 0.2) is 0 Å². The van der Waals surface area contributed by atoms with E-state index in [0.29, 0.717) is 30.8 Å². The molecule has 1 rings (SSSR count). The molecule has 1 heterocycles. The summed E-state index contributed by atoms with van der Waals surface area (Å²) in [7, 11) is 2.13. The molecule has 1 amide bonds. The molecule has 0 bridgehead atoms. The van der Waals surface area contributed by atoms with Gasteiger partial charge in [0, 0.05) is 12.5 Å². The maximum atomic E-state index is 12.0. The highest BCUT2D eigenvalue weighted by atomic mass is 16.1. The monoisotopic (exact) mass is 255 g/mol. The fraction of sp³-hybridized carbons (Fsp3) is 0.929. The molecule has 0 aromatic rings. The Morgan fingerprint density at radius 1 is 1.39 bits per heavy atom. The zero-order chi connectivity index (χ0) is 13.5. The Bertz CT molecular complexity index is 247. The van der Waals surface area contributed by atoms with E-state index >= 15 is 0 Å². The average molecular weight is 255 g/mol. The van der Waals surface area contributed by atoms with Crippen molar-refractivity contribution in [2.45, 2.75) is 45.6 Å². The first kappa shape index (κ1) is 15.4. The molecular weight excluding hydrogens is 226 g/mol. The average Bonchev–Trinajstić information content (AvgIpc) is 2.30. The van der Waals surface area contributed by atoms with E-state index in [2.05, 4.69) is 31.1 Å². The fourth-order valence-corrected chi connectivity index (χ4v) is 2.63. The number of nitrogens with one attached hydrogen (secondary N) is 1. The normalized spacial score (nSPS) is 20.1. The van der Waals surface area contributed by atoms with Crippen molar-refractivity contribution in [1.82, 2.24) is 10.2 Å². The van der Waals surface area contributed by atoms with Crippen LogP contribution in [0.1, 0.15) is 39.5 Å². The zero-order valence-electron chi connectivity index (χ0n) is 12.1. The van der Waals surface area contributed by atoms with E-state index in [4.69, 9.17) is 5.73 Å². The number of hydrogen-bond acceptors (Lipinski definition) is 3. The van der Waals surface area contributed by atoms with Gasteiger partial charge in [-0.3, -0.25) is 4.79 Å². The van der Waals surface area contributed by atoms with Crippen LogP contribution in [0, 0.1) is 11.8 Å². The number of rotatable bonds is 6. The Morgan fingerprint density at radius 3 is 2.50 bits per heavy atom. The molecule has 0 unspecified atom stereocenters. The number of hydrogen-bond donors (Lipinski definition) is 2. The molecule has 0 radical (unpaired) electrons. The number of piperidine rings is 1. The van der Waals surface area contributed by atoms with Gasteiger partial charge in [-0.15, -0.1) is 0 Å². The third-order valence-corrected chi connectivity index (χ3v) is 3.70. The second-order valence-corrected chi connectivity index (χ2v) is 6.08. The number of nitrogens with two attached hydrogens (primary N) is 1. The van der Waals surface area contributed by atoms with E-state index in [-0.39, 0.29) is 5.91 Å². The molecule has 0 aromatic heterocycles. The molecule has 0 aliphatic carbocycles. The van der Waals surface area contributed by atoms with Crippen molar-refractivity contribution in [1.29, 1.82) is 0 Å². The minimum atomic E-state index is 0.181. The van der Waals surface area contributed by atoms with Gasteiger partial charge in [-0.25, -0.2) is 0 Å². The molecule has 4 nitrogen and oxygen atoms in total. The van der Waals surface area contributed by atoms with Crippen molar-refractivity contribution < 1.29 is 4.79 Å². The second kappa shape index (κ2) is 7.74. The molecule has 0 saturated carbocycles. The molecule has 4 heteroatoms. The molecule has 106 valence electrons. The van der Waals surface area contributed by atoms with Gasteiger partial charge in [0.2, 0.25) is 5.91 Å². The van der Waals surface area contributed by atoms with Gasteiger partial charge in [0.25, 0.3) is 0 Å². The third-order valence-electron chi connectivity index (χ3n) is 3.70. The van der Waals surface area contributed by atoms with Crippen LogP contribution >= 0.6 is 0 Å². The van der Waals surface area contributed by atoms with Gasteiger partial charge in [0.05, 0.1) is 0 Å². The summed E-state index contributed by atoms with van der Waals surface area (Å²) in [6, 6.07) is 0.367. The van der Waals surface area contributed by atoms with Crippen LogP contribution in [-0.4, -0.2) is 43.5 Å². The van der Waals surface area contributed by atoms with Crippen LogP contribution in [0.25, 0.3) is 0 Å². The van der Waals surface area contributed by atoms with Gasteiger partial charge in [0.1, 0.15) is 0 Å². The number of carbonyl (C=O) groups excluding carboxylic acids is 1. The standard InChI is InChI=1S/C14H29N3O/c1-11(2)8-12(10-15)9-14(18)16-13-4-6-17(3)7-5-13/h11-13H,4-10,15H2,1-3H3,(H,16,18)/t12-/m0/s1. The summed E-state index contributed by atoms with van der Waals surface area (Å²) in [6.45, 7) is 7.13. The highest BCUT2D eigenvalue weighted by molar-refractivity contribution is 5.76. The highest BCUT2D eigenvalue weighted by Crippen LogP contribution is 2.15. The van der Waals surface area contributed by atoms with Crippen molar-refractivity contribution in [3.63, 3.8) is 0 Å². The van der Waals surface area contributed by atoms with Gasteiger partial charge in [0.15, 0.2) is 0 Å². The summed E-state index contributed by atoms with van der Waals surface area (Å²) >= 11 is 0. The van der Waals surface area contributed by atoms with Gasteiger partial charge in [-0.2, -0.15) is 0 Å². The summed E-state index contributed by atoms with van der Waals surface area (Å²) in [4.78, 5) is 14.3. The maximum absolute atomic E-state index is 12.0. The van der Waals surface area contributed by atoms with Crippen LogP contribution in [0.2, 0.25) is 0 Å². The van der Waals surface area contributed by atoms with Crippen molar-refractivity contribution in [2.24, 2.45) is 17.6 Å². The molecule has 1 saturated heterocycles. The van der Waals surface area contributed by atoms with E-state index < -0.39 is 0 Å². The minimum absolute atomic E-state index is 0.181. The quantitative estimate of drug-likeness (QED) is 0.750. The Balaban J connectivity index is 2.27.